The van der Waals surface area contributed by atoms with Crippen LogP contribution in [0.5, 0.6) is 0 Å². The number of morpholine rings is 1. The fourth-order valence-corrected chi connectivity index (χ4v) is 4.99. The fraction of sp³-hybridized carbons (Fsp3) is 0.619. The maximum absolute atomic E-state index is 12.8. The summed E-state index contributed by atoms with van der Waals surface area (Å²) in [6, 6.07) is 1.67. The molecule has 4 rings (SSSR count). The summed E-state index contributed by atoms with van der Waals surface area (Å²) in [5, 5.41) is 7.17. The largest absolute Gasteiger partial charge is 0.379 e. The zero-order chi connectivity index (χ0) is 21.6. The van der Waals surface area contributed by atoms with Crippen LogP contribution in [0, 0.1) is 6.92 Å². The molecule has 1 aliphatic carbocycles. The van der Waals surface area contributed by atoms with Gasteiger partial charge in [0.1, 0.15) is 10.8 Å². The van der Waals surface area contributed by atoms with E-state index in [0.717, 1.165) is 76.2 Å². The molecule has 0 spiro atoms. The topological polar surface area (TPSA) is 102 Å². The molecule has 10 heteroatoms. The summed E-state index contributed by atoms with van der Waals surface area (Å²) < 4.78 is 12.2. The zero-order valence-electron chi connectivity index (χ0n) is 17.9. The van der Waals surface area contributed by atoms with Gasteiger partial charge in [-0.2, -0.15) is 4.98 Å². The molecule has 0 saturated carbocycles. The normalized spacial score (nSPS) is 16.8. The lowest BCUT2D eigenvalue weighted by Gasteiger charge is -2.27. The van der Waals surface area contributed by atoms with Crippen molar-refractivity contribution in [1.82, 2.24) is 19.6 Å². The molecule has 0 atom stereocenters. The molecule has 2 aliphatic rings. The van der Waals surface area contributed by atoms with Crippen molar-refractivity contribution in [3.05, 3.63) is 33.6 Å². The van der Waals surface area contributed by atoms with E-state index >= 15 is 0 Å². The van der Waals surface area contributed by atoms with Crippen molar-refractivity contribution in [3.8, 4) is 0 Å². The summed E-state index contributed by atoms with van der Waals surface area (Å²) in [7, 11) is 0. The van der Waals surface area contributed by atoms with Gasteiger partial charge in [-0.3, -0.25) is 14.3 Å². The number of amides is 1. The number of fused-ring (bicyclic) bond motifs is 1. The Balaban J connectivity index is 1.40. The Labute approximate surface area is 185 Å². The van der Waals surface area contributed by atoms with Crippen LogP contribution in [-0.2, 0) is 28.9 Å². The predicted molar refractivity (Wildman–Crippen MR) is 118 cm³/mol. The number of nitrogens with zero attached hydrogens (tertiary/aromatic N) is 4. The van der Waals surface area contributed by atoms with Gasteiger partial charge in [0, 0.05) is 43.5 Å². The Morgan fingerprint density at radius 2 is 2.03 bits per heavy atom. The average Bonchev–Trinajstić information content (AvgIpc) is 3.19. The monoisotopic (exact) mass is 447 g/mol. The quantitative estimate of drug-likeness (QED) is 0.483. The van der Waals surface area contributed by atoms with Crippen LogP contribution < -0.4 is 11.0 Å². The molecule has 1 saturated heterocycles. The minimum absolute atomic E-state index is 0.172. The first kappa shape index (κ1) is 22.0. The van der Waals surface area contributed by atoms with Gasteiger partial charge < -0.3 is 14.6 Å². The van der Waals surface area contributed by atoms with E-state index in [-0.39, 0.29) is 17.3 Å². The van der Waals surface area contributed by atoms with Gasteiger partial charge in [0.2, 0.25) is 5.91 Å². The number of aryl methyl sites for hydroxylation is 1. The Hall–Kier alpha value is -2.17. The Morgan fingerprint density at radius 3 is 2.81 bits per heavy atom. The fourth-order valence-electron chi connectivity index (χ4n) is 4.11. The standard InChI is InChI=1S/C21H29N5O4S/c1-15-13-18(24-30-15)22-19(27)14-31-20-16-5-2-3-6-17(16)26(21(28)23-20)8-4-7-25-9-11-29-12-10-25/h13H,2-12,14H2,1H3,(H,22,24,27). The highest BCUT2D eigenvalue weighted by Gasteiger charge is 2.21. The second kappa shape index (κ2) is 10.4. The zero-order valence-corrected chi connectivity index (χ0v) is 18.7. The Morgan fingerprint density at radius 1 is 1.23 bits per heavy atom. The Bertz CT molecular complexity index is 967. The van der Waals surface area contributed by atoms with Crippen molar-refractivity contribution >= 4 is 23.5 Å². The number of thioether (sulfide) groups is 1. The highest BCUT2D eigenvalue weighted by molar-refractivity contribution is 8.00. The minimum Gasteiger partial charge on any atom is -0.379 e. The van der Waals surface area contributed by atoms with Crippen molar-refractivity contribution in [2.75, 3.05) is 43.9 Å². The van der Waals surface area contributed by atoms with E-state index in [1.807, 2.05) is 4.57 Å². The molecule has 0 unspecified atom stereocenters. The lowest BCUT2D eigenvalue weighted by atomic mass is 9.97. The summed E-state index contributed by atoms with van der Waals surface area (Å²) in [5.41, 5.74) is 2.02. The average molecular weight is 448 g/mol. The first-order chi connectivity index (χ1) is 15.1. The molecule has 3 heterocycles. The molecule has 1 fully saturated rings. The number of hydrogen-bond donors (Lipinski definition) is 1. The van der Waals surface area contributed by atoms with Crippen molar-refractivity contribution < 1.29 is 14.1 Å². The summed E-state index contributed by atoms with van der Waals surface area (Å²) >= 11 is 1.32. The van der Waals surface area contributed by atoms with Crippen molar-refractivity contribution in [2.45, 2.75) is 50.6 Å². The molecule has 2 aromatic heterocycles. The van der Waals surface area contributed by atoms with Gasteiger partial charge in [-0.05, 0) is 39.0 Å². The third kappa shape index (κ3) is 5.75. The van der Waals surface area contributed by atoms with Gasteiger partial charge in [0.05, 0.1) is 19.0 Å². The molecule has 0 aromatic carbocycles. The molecule has 31 heavy (non-hydrogen) atoms. The van der Waals surface area contributed by atoms with Crippen molar-refractivity contribution in [1.29, 1.82) is 0 Å². The molecular formula is C21H29N5O4S. The molecular weight excluding hydrogens is 418 g/mol. The van der Waals surface area contributed by atoms with Crippen molar-refractivity contribution in [3.63, 3.8) is 0 Å². The predicted octanol–water partition coefficient (Wildman–Crippen LogP) is 1.87. The van der Waals surface area contributed by atoms with Gasteiger partial charge in [-0.15, -0.1) is 0 Å². The minimum atomic E-state index is -0.210. The molecule has 0 bridgehead atoms. The Kier molecular flexibility index (Phi) is 7.41. The summed E-state index contributed by atoms with van der Waals surface area (Å²) in [6.45, 7) is 6.89. The maximum Gasteiger partial charge on any atom is 0.348 e. The van der Waals surface area contributed by atoms with Crippen LogP contribution in [0.25, 0.3) is 0 Å². The number of aromatic nitrogens is 3. The summed E-state index contributed by atoms with van der Waals surface area (Å²) in [6.07, 6.45) is 4.87. The van der Waals surface area contributed by atoms with Crippen LogP contribution in [0.2, 0.25) is 0 Å². The maximum atomic E-state index is 12.8. The molecule has 0 radical (unpaired) electrons. The molecule has 2 aromatic rings. The summed E-state index contributed by atoms with van der Waals surface area (Å²) in [5.74, 6) is 1.01. The van der Waals surface area contributed by atoms with E-state index in [1.165, 1.54) is 11.8 Å². The smallest absolute Gasteiger partial charge is 0.348 e. The molecule has 168 valence electrons. The van der Waals surface area contributed by atoms with Crippen LogP contribution in [0.3, 0.4) is 0 Å². The SMILES string of the molecule is Cc1cc(NC(=O)CSc2nc(=O)n(CCCN3CCOCC3)c3c2CCCC3)no1. The highest BCUT2D eigenvalue weighted by atomic mass is 32.2. The van der Waals surface area contributed by atoms with Gasteiger partial charge in [-0.1, -0.05) is 16.9 Å². The number of rotatable bonds is 8. The number of ether oxygens (including phenoxy) is 1. The second-order valence-electron chi connectivity index (χ2n) is 7.95. The van der Waals surface area contributed by atoms with Gasteiger partial charge in [0.15, 0.2) is 5.82 Å². The van der Waals surface area contributed by atoms with E-state index in [9.17, 15) is 9.59 Å². The number of carbonyl (C=O) groups excluding carboxylic acids is 1. The van der Waals surface area contributed by atoms with E-state index in [4.69, 9.17) is 9.26 Å². The second-order valence-corrected chi connectivity index (χ2v) is 8.91. The van der Waals surface area contributed by atoms with Gasteiger partial charge >= 0.3 is 5.69 Å². The van der Waals surface area contributed by atoms with Crippen LogP contribution in [0.4, 0.5) is 5.82 Å². The molecule has 1 aliphatic heterocycles. The number of hydrogen-bond acceptors (Lipinski definition) is 8. The highest BCUT2D eigenvalue weighted by Crippen LogP contribution is 2.28. The van der Waals surface area contributed by atoms with E-state index in [1.54, 1.807) is 13.0 Å². The van der Waals surface area contributed by atoms with Crippen LogP contribution in [0.1, 0.15) is 36.3 Å². The lowest BCUT2D eigenvalue weighted by Crippen LogP contribution is -2.38. The first-order valence-corrected chi connectivity index (χ1v) is 11.9. The van der Waals surface area contributed by atoms with Crippen LogP contribution in [-0.4, -0.2) is 64.1 Å². The van der Waals surface area contributed by atoms with Crippen LogP contribution >= 0.6 is 11.8 Å². The molecule has 9 nitrogen and oxygen atoms in total. The van der Waals surface area contributed by atoms with E-state index in [0.29, 0.717) is 23.1 Å². The molecule has 1 amide bonds. The lowest BCUT2D eigenvalue weighted by molar-refractivity contribution is -0.113. The van der Waals surface area contributed by atoms with Crippen LogP contribution in [0.15, 0.2) is 20.4 Å². The summed E-state index contributed by atoms with van der Waals surface area (Å²) in [4.78, 5) is 31.8. The number of carbonyl (C=O) groups is 1. The number of anilines is 1. The first-order valence-electron chi connectivity index (χ1n) is 10.9. The van der Waals surface area contributed by atoms with E-state index < -0.39 is 0 Å². The third-order valence-corrected chi connectivity index (χ3v) is 6.66. The third-order valence-electron chi connectivity index (χ3n) is 5.65. The van der Waals surface area contributed by atoms with Gasteiger partial charge in [-0.25, -0.2) is 4.79 Å². The van der Waals surface area contributed by atoms with E-state index in [2.05, 4.69) is 20.4 Å². The molecule has 1 N–H and O–H groups in total. The van der Waals surface area contributed by atoms with Crippen molar-refractivity contribution in [2.24, 2.45) is 0 Å². The number of nitrogens with one attached hydrogen (secondary N) is 1. The van der Waals surface area contributed by atoms with Gasteiger partial charge in [0.25, 0.3) is 0 Å².